The first-order valence-electron chi connectivity index (χ1n) is 4.93. The van der Waals surface area contributed by atoms with Crippen LogP contribution < -0.4 is 4.90 Å². The Bertz CT molecular complexity index is 577. The largest absolute Gasteiger partial charge is 0.326 e. The molecule has 0 saturated carbocycles. The van der Waals surface area contributed by atoms with Crippen molar-refractivity contribution >= 4 is 23.1 Å². The van der Waals surface area contributed by atoms with Gasteiger partial charge in [-0.25, -0.2) is 9.97 Å². The SMILES string of the molecule is CN(c1ccccc1C#N)c1nccnc1Cl. The van der Waals surface area contributed by atoms with Crippen molar-refractivity contribution in [2.24, 2.45) is 0 Å². The highest BCUT2D eigenvalue weighted by molar-refractivity contribution is 6.31. The zero-order chi connectivity index (χ0) is 12.3. The van der Waals surface area contributed by atoms with Crippen molar-refractivity contribution in [3.8, 4) is 6.07 Å². The van der Waals surface area contributed by atoms with E-state index < -0.39 is 0 Å². The van der Waals surface area contributed by atoms with Crippen LogP contribution in [0.2, 0.25) is 5.15 Å². The second kappa shape index (κ2) is 4.81. The molecule has 0 unspecified atom stereocenters. The number of rotatable bonds is 2. The van der Waals surface area contributed by atoms with Crippen LogP contribution in [0.1, 0.15) is 5.56 Å². The molecule has 0 radical (unpaired) electrons. The Kier molecular flexibility index (Phi) is 3.22. The fourth-order valence-electron chi connectivity index (χ4n) is 1.51. The summed E-state index contributed by atoms with van der Waals surface area (Å²) in [6.45, 7) is 0. The average Bonchev–Trinajstić information content (AvgIpc) is 2.38. The summed E-state index contributed by atoms with van der Waals surface area (Å²) in [5.41, 5.74) is 1.31. The minimum absolute atomic E-state index is 0.308. The Morgan fingerprint density at radius 2 is 1.94 bits per heavy atom. The Labute approximate surface area is 104 Å². The van der Waals surface area contributed by atoms with Crippen LogP contribution in [0.15, 0.2) is 36.7 Å². The van der Waals surface area contributed by atoms with E-state index in [1.54, 1.807) is 24.2 Å². The Morgan fingerprint density at radius 1 is 1.24 bits per heavy atom. The van der Waals surface area contributed by atoms with Gasteiger partial charge in [0, 0.05) is 19.4 Å². The first kappa shape index (κ1) is 11.4. The van der Waals surface area contributed by atoms with Gasteiger partial charge in [-0.1, -0.05) is 23.7 Å². The topological polar surface area (TPSA) is 52.8 Å². The van der Waals surface area contributed by atoms with Crippen LogP contribution in [-0.2, 0) is 0 Å². The van der Waals surface area contributed by atoms with E-state index >= 15 is 0 Å². The summed E-state index contributed by atoms with van der Waals surface area (Å²) >= 11 is 5.97. The smallest absolute Gasteiger partial charge is 0.172 e. The number of aromatic nitrogens is 2. The minimum atomic E-state index is 0.308. The summed E-state index contributed by atoms with van der Waals surface area (Å²) < 4.78 is 0. The lowest BCUT2D eigenvalue weighted by Gasteiger charge is -2.19. The van der Waals surface area contributed by atoms with E-state index in [4.69, 9.17) is 16.9 Å². The van der Waals surface area contributed by atoms with Crippen LogP contribution in [0.3, 0.4) is 0 Å². The summed E-state index contributed by atoms with van der Waals surface area (Å²) in [6.07, 6.45) is 3.09. The van der Waals surface area contributed by atoms with Gasteiger partial charge in [0.15, 0.2) is 11.0 Å². The van der Waals surface area contributed by atoms with Gasteiger partial charge in [-0.2, -0.15) is 5.26 Å². The molecule has 0 N–H and O–H groups in total. The van der Waals surface area contributed by atoms with Gasteiger partial charge in [-0.15, -0.1) is 0 Å². The van der Waals surface area contributed by atoms with Gasteiger partial charge >= 0.3 is 0 Å². The van der Waals surface area contributed by atoms with Crippen molar-refractivity contribution in [1.82, 2.24) is 9.97 Å². The molecule has 0 saturated heterocycles. The van der Waals surface area contributed by atoms with Gasteiger partial charge in [0.25, 0.3) is 0 Å². The molecule has 2 aromatic rings. The van der Waals surface area contributed by atoms with Crippen LogP contribution in [0.5, 0.6) is 0 Å². The van der Waals surface area contributed by atoms with Crippen LogP contribution in [-0.4, -0.2) is 17.0 Å². The fourth-order valence-corrected chi connectivity index (χ4v) is 1.75. The summed E-state index contributed by atoms with van der Waals surface area (Å²) in [6, 6.07) is 9.39. The molecule has 4 nitrogen and oxygen atoms in total. The standard InChI is InChI=1S/C12H9ClN4/c1-17(12-11(13)15-6-7-16-12)10-5-3-2-4-9(10)8-14/h2-7H,1H3. The number of halogens is 1. The van der Waals surface area contributed by atoms with Crippen molar-refractivity contribution in [3.05, 3.63) is 47.4 Å². The van der Waals surface area contributed by atoms with Crippen LogP contribution in [0, 0.1) is 11.3 Å². The third-order valence-electron chi connectivity index (χ3n) is 2.34. The van der Waals surface area contributed by atoms with Gasteiger partial charge in [0.05, 0.1) is 11.3 Å². The third-order valence-corrected chi connectivity index (χ3v) is 2.61. The molecule has 2 rings (SSSR count). The quantitative estimate of drug-likeness (QED) is 0.815. The molecule has 1 heterocycles. The average molecular weight is 245 g/mol. The molecule has 0 fully saturated rings. The molecule has 5 heteroatoms. The van der Waals surface area contributed by atoms with E-state index in [0.717, 1.165) is 5.69 Å². The second-order valence-electron chi connectivity index (χ2n) is 3.36. The molecule has 0 spiro atoms. The zero-order valence-corrected chi connectivity index (χ0v) is 9.89. The van der Waals surface area contributed by atoms with Crippen molar-refractivity contribution in [3.63, 3.8) is 0 Å². The number of hydrogen-bond donors (Lipinski definition) is 0. The lowest BCUT2D eigenvalue weighted by Crippen LogP contribution is -2.13. The number of nitrogens with zero attached hydrogens (tertiary/aromatic N) is 4. The second-order valence-corrected chi connectivity index (χ2v) is 3.72. The van der Waals surface area contributed by atoms with Gasteiger partial charge in [-0.05, 0) is 12.1 Å². The maximum absolute atomic E-state index is 9.04. The molecular formula is C12H9ClN4. The van der Waals surface area contributed by atoms with Gasteiger partial charge in [-0.3, -0.25) is 0 Å². The summed E-state index contributed by atoms with van der Waals surface area (Å²) in [7, 11) is 1.80. The molecule has 1 aromatic carbocycles. The Hall–Kier alpha value is -2.12. The maximum Gasteiger partial charge on any atom is 0.172 e. The molecule has 84 valence electrons. The fraction of sp³-hybridized carbons (Fsp3) is 0.0833. The molecule has 0 atom stereocenters. The predicted molar refractivity (Wildman–Crippen MR) is 66.3 cm³/mol. The summed E-state index contributed by atoms with van der Waals surface area (Å²) in [5, 5.41) is 9.35. The van der Waals surface area contributed by atoms with E-state index in [1.807, 2.05) is 18.2 Å². The first-order valence-corrected chi connectivity index (χ1v) is 5.31. The minimum Gasteiger partial charge on any atom is -0.326 e. The number of nitriles is 1. The number of anilines is 2. The van der Waals surface area contributed by atoms with Gasteiger partial charge in [0.1, 0.15) is 6.07 Å². The van der Waals surface area contributed by atoms with E-state index in [-0.39, 0.29) is 0 Å². The maximum atomic E-state index is 9.04. The van der Waals surface area contributed by atoms with E-state index in [0.29, 0.717) is 16.5 Å². The highest BCUT2D eigenvalue weighted by Gasteiger charge is 2.13. The normalized spacial score (nSPS) is 9.71. The highest BCUT2D eigenvalue weighted by atomic mass is 35.5. The molecule has 0 aliphatic carbocycles. The lowest BCUT2D eigenvalue weighted by molar-refractivity contribution is 1.08. The van der Waals surface area contributed by atoms with E-state index in [1.165, 1.54) is 6.20 Å². The summed E-state index contributed by atoms with van der Waals surface area (Å²) in [5.74, 6) is 0.525. The Balaban J connectivity index is 2.48. The van der Waals surface area contributed by atoms with Gasteiger partial charge < -0.3 is 4.90 Å². The van der Waals surface area contributed by atoms with Crippen molar-refractivity contribution in [2.75, 3.05) is 11.9 Å². The van der Waals surface area contributed by atoms with Crippen LogP contribution in [0.4, 0.5) is 11.5 Å². The molecular weight excluding hydrogens is 236 g/mol. The van der Waals surface area contributed by atoms with Crippen LogP contribution in [0.25, 0.3) is 0 Å². The van der Waals surface area contributed by atoms with Crippen LogP contribution >= 0.6 is 11.6 Å². The lowest BCUT2D eigenvalue weighted by atomic mass is 10.2. The Morgan fingerprint density at radius 3 is 2.65 bits per heavy atom. The summed E-state index contributed by atoms with van der Waals surface area (Å²) in [4.78, 5) is 9.86. The number of hydrogen-bond acceptors (Lipinski definition) is 4. The van der Waals surface area contributed by atoms with E-state index in [9.17, 15) is 0 Å². The molecule has 0 aliphatic rings. The van der Waals surface area contributed by atoms with Crippen molar-refractivity contribution in [2.45, 2.75) is 0 Å². The third kappa shape index (κ3) is 2.19. The number of para-hydroxylation sites is 1. The zero-order valence-electron chi connectivity index (χ0n) is 9.13. The van der Waals surface area contributed by atoms with Crippen molar-refractivity contribution in [1.29, 1.82) is 5.26 Å². The predicted octanol–water partition coefficient (Wildman–Crippen LogP) is 2.77. The van der Waals surface area contributed by atoms with Crippen molar-refractivity contribution < 1.29 is 0 Å². The molecule has 1 aromatic heterocycles. The molecule has 0 bridgehead atoms. The molecule has 0 amide bonds. The molecule has 17 heavy (non-hydrogen) atoms. The van der Waals surface area contributed by atoms with E-state index in [2.05, 4.69) is 16.0 Å². The molecule has 0 aliphatic heterocycles. The monoisotopic (exact) mass is 244 g/mol. The first-order chi connectivity index (χ1) is 8.24. The van der Waals surface area contributed by atoms with Gasteiger partial charge in [0.2, 0.25) is 0 Å². The highest BCUT2D eigenvalue weighted by Crippen LogP contribution is 2.28. The number of benzene rings is 1.